The summed E-state index contributed by atoms with van der Waals surface area (Å²) in [4.78, 5) is 23.0. The molecule has 1 unspecified atom stereocenters. The van der Waals surface area contributed by atoms with Crippen LogP contribution in [0.5, 0.6) is 0 Å². The third-order valence-corrected chi connectivity index (χ3v) is 3.13. The lowest BCUT2D eigenvalue weighted by Gasteiger charge is -2.24. The van der Waals surface area contributed by atoms with Crippen LogP contribution in [0.4, 0.5) is 10.5 Å². The van der Waals surface area contributed by atoms with Crippen molar-refractivity contribution in [1.82, 2.24) is 10.6 Å². The van der Waals surface area contributed by atoms with Gasteiger partial charge in [-0.05, 0) is 38.1 Å². The van der Waals surface area contributed by atoms with Crippen LogP contribution in [0.25, 0.3) is 0 Å². The summed E-state index contributed by atoms with van der Waals surface area (Å²) in [7, 11) is 1.84. The summed E-state index contributed by atoms with van der Waals surface area (Å²) in [6.07, 6.45) is 0.301. The van der Waals surface area contributed by atoms with Crippen molar-refractivity contribution < 1.29 is 14.7 Å². The number of aliphatic carboxylic acids is 1. The Bertz CT molecular complexity index is 490. The van der Waals surface area contributed by atoms with Crippen molar-refractivity contribution in [3.05, 3.63) is 29.8 Å². The first-order chi connectivity index (χ1) is 9.41. The zero-order valence-electron chi connectivity index (χ0n) is 12.0. The molecule has 1 aromatic carbocycles. The molecule has 0 aliphatic heterocycles. The Hall–Kier alpha value is -2.08. The minimum atomic E-state index is -1.27. The number of rotatable bonds is 6. The van der Waals surface area contributed by atoms with Crippen molar-refractivity contribution in [2.24, 2.45) is 0 Å². The van der Waals surface area contributed by atoms with Gasteiger partial charge in [0.25, 0.3) is 0 Å². The average Bonchev–Trinajstić information content (AvgIpc) is 2.39. The number of nitrogens with one attached hydrogen (secondary N) is 3. The molecule has 110 valence electrons. The van der Waals surface area contributed by atoms with Gasteiger partial charge in [-0.2, -0.15) is 0 Å². The molecule has 6 nitrogen and oxygen atoms in total. The van der Waals surface area contributed by atoms with Crippen molar-refractivity contribution >= 4 is 17.7 Å². The molecule has 0 bridgehead atoms. The molecule has 1 aromatic rings. The van der Waals surface area contributed by atoms with Crippen molar-refractivity contribution in [2.45, 2.75) is 32.4 Å². The van der Waals surface area contributed by atoms with Crippen LogP contribution >= 0.6 is 0 Å². The Kier molecular flexibility index (Phi) is 5.52. The molecule has 20 heavy (non-hydrogen) atoms. The number of amides is 2. The maximum absolute atomic E-state index is 11.9. The number of carbonyl (C=O) groups excluding carboxylic acids is 1. The van der Waals surface area contributed by atoms with E-state index in [1.165, 1.54) is 6.92 Å². The first kappa shape index (κ1) is 16.0. The van der Waals surface area contributed by atoms with Gasteiger partial charge in [-0.25, -0.2) is 9.59 Å². The smallest absolute Gasteiger partial charge is 0.329 e. The molecule has 0 aromatic heterocycles. The lowest BCUT2D eigenvalue weighted by atomic mass is 10.00. The highest BCUT2D eigenvalue weighted by atomic mass is 16.4. The standard InChI is InChI=1S/C14H21N3O3/c1-4-14(2,12(18)19)17-13(20)16-11-7-5-6-10(8-11)9-15-3/h5-8,15H,4,9H2,1-3H3,(H,18,19)(H2,16,17,20). The molecular weight excluding hydrogens is 258 g/mol. The fourth-order valence-corrected chi connectivity index (χ4v) is 1.67. The van der Waals surface area contributed by atoms with E-state index in [1.807, 2.05) is 25.2 Å². The number of benzene rings is 1. The van der Waals surface area contributed by atoms with Gasteiger partial charge in [-0.1, -0.05) is 19.1 Å². The van der Waals surface area contributed by atoms with Gasteiger partial charge in [-0.15, -0.1) is 0 Å². The number of anilines is 1. The predicted octanol–water partition coefficient (Wildman–Crippen LogP) is 1.78. The maximum Gasteiger partial charge on any atom is 0.329 e. The maximum atomic E-state index is 11.9. The molecule has 0 heterocycles. The SMILES string of the molecule is CCC(C)(NC(=O)Nc1cccc(CNC)c1)C(=O)O. The molecule has 0 fully saturated rings. The van der Waals surface area contributed by atoms with Crippen LogP contribution in [0.3, 0.4) is 0 Å². The predicted molar refractivity (Wildman–Crippen MR) is 77.7 cm³/mol. The second-order valence-electron chi connectivity index (χ2n) is 4.80. The first-order valence-corrected chi connectivity index (χ1v) is 6.47. The lowest BCUT2D eigenvalue weighted by molar-refractivity contribution is -0.143. The molecule has 0 aliphatic rings. The van der Waals surface area contributed by atoms with Gasteiger partial charge in [-0.3, -0.25) is 0 Å². The molecule has 0 spiro atoms. The van der Waals surface area contributed by atoms with E-state index < -0.39 is 17.5 Å². The van der Waals surface area contributed by atoms with E-state index in [1.54, 1.807) is 13.0 Å². The second-order valence-corrected chi connectivity index (χ2v) is 4.80. The fraction of sp³-hybridized carbons (Fsp3) is 0.429. The van der Waals surface area contributed by atoms with Crippen LogP contribution in [0, 0.1) is 0 Å². The Morgan fingerprint density at radius 3 is 2.60 bits per heavy atom. The summed E-state index contributed by atoms with van der Waals surface area (Å²) in [5.74, 6) is -1.06. The van der Waals surface area contributed by atoms with E-state index in [0.717, 1.165) is 5.56 Å². The Morgan fingerprint density at radius 1 is 1.35 bits per heavy atom. The Labute approximate surface area is 118 Å². The molecule has 0 saturated carbocycles. The topological polar surface area (TPSA) is 90.5 Å². The number of carboxylic acid groups (broad SMARTS) is 1. The summed E-state index contributed by atoms with van der Waals surface area (Å²) in [5.41, 5.74) is 0.382. The summed E-state index contributed by atoms with van der Waals surface area (Å²) < 4.78 is 0. The van der Waals surface area contributed by atoms with Crippen LogP contribution in [0.2, 0.25) is 0 Å². The molecule has 4 N–H and O–H groups in total. The number of urea groups is 1. The van der Waals surface area contributed by atoms with Gasteiger partial charge in [0.1, 0.15) is 5.54 Å². The number of carbonyl (C=O) groups is 2. The van der Waals surface area contributed by atoms with Gasteiger partial charge in [0.2, 0.25) is 0 Å². The number of carboxylic acids is 1. The number of hydrogen-bond acceptors (Lipinski definition) is 3. The van der Waals surface area contributed by atoms with Gasteiger partial charge >= 0.3 is 12.0 Å². The molecule has 2 amide bonds. The Balaban J connectivity index is 2.71. The monoisotopic (exact) mass is 279 g/mol. The summed E-state index contributed by atoms with van der Waals surface area (Å²) in [5, 5.41) is 17.3. The van der Waals surface area contributed by atoms with Crippen molar-refractivity contribution in [2.75, 3.05) is 12.4 Å². The van der Waals surface area contributed by atoms with Crippen LogP contribution in [0.15, 0.2) is 24.3 Å². The van der Waals surface area contributed by atoms with Gasteiger partial charge in [0.05, 0.1) is 0 Å². The van der Waals surface area contributed by atoms with E-state index in [-0.39, 0.29) is 0 Å². The molecule has 0 saturated heterocycles. The normalized spacial score (nSPS) is 13.3. The first-order valence-electron chi connectivity index (χ1n) is 6.47. The largest absolute Gasteiger partial charge is 0.480 e. The Morgan fingerprint density at radius 2 is 2.05 bits per heavy atom. The van der Waals surface area contributed by atoms with E-state index in [2.05, 4.69) is 16.0 Å². The van der Waals surface area contributed by atoms with Crippen molar-refractivity contribution in [3.63, 3.8) is 0 Å². The molecule has 6 heteroatoms. The molecule has 0 aliphatic carbocycles. The minimum Gasteiger partial charge on any atom is -0.480 e. The van der Waals surface area contributed by atoms with E-state index in [0.29, 0.717) is 18.7 Å². The summed E-state index contributed by atoms with van der Waals surface area (Å²) in [6, 6.07) is 6.83. The van der Waals surface area contributed by atoms with Crippen LogP contribution in [-0.4, -0.2) is 29.7 Å². The quantitative estimate of drug-likeness (QED) is 0.639. The zero-order valence-corrected chi connectivity index (χ0v) is 12.0. The highest BCUT2D eigenvalue weighted by Gasteiger charge is 2.32. The highest BCUT2D eigenvalue weighted by molar-refractivity contribution is 5.93. The average molecular weight is 279 g/mol. The van der Waals surface area contributed by atoms with Crippen LogP contribution < -0.4 is 16.0 Å². The van der Waals surface area contributed by atoms with Crippen molar-refractivity contribution in [3.8, 4) is 0 Å². The fourth-order valence-electron chi connectivity index (χ4n) is 1.67. The zero-order chi connectivity index (χ0) is 15.2. The summed E-state index contributed by atoms with van der Waals surface area (Å²) in [6.45, 7) is 3.88. The van der Waals surface area contributed by atoms with Crippen LogP contribution in [-0.2, 0) is 11.3 Å². The second kappa shape index (κ2) is 6.91. The van der Waals surface area contributed by atoms with Crippen molar-refractivity contribution in [1.29, 1.82) is 0 Å². The molecular formula is C14H21N3O3. The minimum absolute atomic E-state index is 0.301. The number of hydrogen-bond donors (Lipinski definition) is 4. The highest BCUT2D eigenvalue weighted by Crippen LogP contribution is 2.13. The van der Waals surface area contributed by atoms with E-state index in [9.17, 15) is 9.59 Å². The van der Waals surface area contributed by atoms with Gasteiger partial charge in [0.15, 0.2) is 0 Å². The van der Waals surface area contributed by atoms with E-state index in [4.69, 9.17) is 5.11 Å². The lowest BCUT2D eigenvalue weighted by Crippen LogP contribution is -2.53. The van der Waals surface area contributed by atoms with Gasteiger partial charge < -0.3 is 21.1 Å². The van der Waals surface area contributed by atoms with Crippen LogP contribution in [0.1, 0.15) is 25.8 Å². The van der Waals surface area contributed by atoms with Gasteiger partial charge in [0, 0.05) is 12.2 Å². The third kappa shape index (κ3) is 4.24. The van der Waals surface area contributed by atoms with E-state index >= 15 is 0 Å². The third-order valence-electron chi connectivity index (χ3n) is 3.13. The molecule has 1 atom stereocenters. The summed E-state index contributed by atoms with van der Waals surface area (Å²) >= 11 is 0. The molecule has 0 radical (unpaired) electrons. The molecule has 1 rings (SSSR count).